The molecule has 1 aliphatic rings. The molecule has 1 N–H and O–H groups in total. The minimum Gasteiger partial charge on any atom is -0.316 e. The van der Waals surface area contributed by atoms with Crippen molar-refractivity contribution >= 4 is 0 Å². The molecule has 0 radical (unpaired) electrons. The van der Waals surface area contributed by atoms with E-state index in [0.717, 1.165) is 11.8 Å². The molecule has 0 saturated heterocycles. The van der Waals surface area contributed by atoms with Gasteiger partial charge in [-0.1, -0.05) is 39.5 Å². The van der Waals surface area contributed by atoms with Gasteiger partial charge in [0.15, 0.2) is 0 Å². The van der Waals surface area contributed by atoms with Crippen LogP contribution in [0, 0.1) is 11.8 Å². The predicted octanol–water partition coefficient (Wildman–Crippen LogP) is 3.98. The van der Waals surface area contributed by atoms with Gasteiger partial charge in [-0.15, -0.1) is 0 Å². The molecule has 1 rings (SSSR count). The summed E-state index contributed by atoms with van der Waals surface area (Å²) in [6.07, 6.45) is 11.6. The zero-order valence-corrected chi connectivity index (χ0v) is 10.7. The van der Waals surface area contributed by atoms with Crippen LogP contribution < -0.4 is 5.32 Å². The van der Waals surface area contributed by atoms with Gasteiger partial charge in [-0.05, 0) is 50.6 Å². The minimum absolute atomic E-state index is 0.865. The Morgan fingerprint density at radius 1 is 1.07 bits per heavy atom. The lowest BCUT2D eigenvalue weighted by atomic mass is 10.0. The molecule has 1 fully saturated rings. The lowest BCUT2D eigenvalue weighted by molar-refractivity contribution is 0.417. The standard InChI is InChI=1S/C14H29N/c1-13(2)8-7-11-15-12-14-9-5-3-4-6-10-14/h13-15H,3-12H2,1-2H3. The smallest absolute Gasteiger partial charge is 0.00205 e. The van der Waals surface area contributed by atoms with E-state index in [-0.39, 0.29) is 0 Å². The van der Waals surface area contributed by atoms with Gasteiger partial charge < -0.3 is 5.32 Å². The van der Waals surface area contributed by atoms with E-state index in [0.29, 0.717) is 0 Å². The maximum atomic E-state index is 3.64. The Bertz CT molecular complexity index is 134. The Hall–Kier alpha value is -0.0400. The summed E-state index contributed by atoms with van der Waals surface area (Å²) in [5.41, 5.74) is 0. The van der Waals surface area contributed by atoms with Gasteiger partial charge >= 0.3 is 0 Å². The summed E-state index contributed by atoms with van der Waals surface area (Å²) in [4.78, 5) is 0. The van der Waals surface area contributed by atoms with Crippen LogP contribution in [-0.2, 0) is 0 Å². The van der Waals surface area contributed by atoms with Crippen molar-refractivity contribution in [3.8, 4) is 0 Å². The molecule has 1 aliphatic carbocycles. The minimum atomic E-state index is 0.865. The molecule has 0 aromatic carbocycles. The molecule has 90 valence electrons. The number of hydrogen-bond donors (Lipinski definition) is 1. The van der Waals surface area contributed by atoms with Crippen molar-refractivity contribution in [2.24, 2.45) is 11.8 Å². The fraction of sp³-hybridized carbons (Fsp3) is 1.00. The maximum Gasteiger partial charge on any atom is -0.00205 e. The maximum absolute atomic E-state index is 3.64. The van der Waals surface area contributed by atoms with Crippen molar-refractivity contribution in [3.63, 3.8) is 0 Å². The summed E-state index contributed by atoms with van der Waals surface area (Å²) in [6.45, 7) is 7.13. The second-order valence-electron chi connectivity index (χ2n) is 5.60. The van der Waals surface area contributed by atoms with Crippen molar-refractivity contribution < 1.29 is 0 Å². The molecule has 0 atom stereocenters. The van der Waals surface area contributed by atoms with E-state index in [4.69, 9.17) is 0 Å². The fourth-order valence-corrected chi connectivity index (χ4v) is 2.51. The molecule has 0 aromatic heterocycles. The molecule has 0 bridgehead atoms. The van der Waals surface area contributed by atoms with Gasteiger partial charge in [0.2, 0.25) is 0 Å². The van der Waals surface area contributed by atoms with Crippen molar-refractivity contribution in [1.29, 1.82) is 0 Å². The van der Waals surface area contributed by atoms with Crippen LogP contribution >= 0.6 is 0 Å². The highest BCUT2D eigenvalue weighted by Gasteiger charge is 2.11. The second kappa shape index (κ2) is 8.15. The fourth-order valence-electron chi connectivity index (χ4n) is 2.51. The van der Waals surface area contributed by atoms with Gasteiger partial charge in [0.05, 0.1) is 0 Å². The molecule has 0 aliphatic heterocycles. The van der Waals surface area contributed by atoms with Crippen molar-refractivity contribution in [2.75, 3.05) is 13.1 Å². The Morgan fingerprint density at radius 3 is 2.33 bits per heavy atom. The van der Waals surface area contributed by atoms with Gasteiger partial charge in [-0.3, -0.25) is 0 Å². The first-order valence-corrected chi connectivity index (χ1v) is 6.99. The highest BCUT2D eigenvalue weighted by molar-refractivity contribution is 4.66. The van der Waals surface area contributed by atoms with Crippen LogP contribution in [0.25, 0.3) is 0 Å². The first-order chi connectivity index (χ1) is 7.29. The van der Waals surface area contributed by atoms with Crippen LogP contribution in [-0.4, -0.2) is 13.1 Å². The van der Waals surface area contributed by atoms with E-state index < -0.39 is 0 Å². The van der Waals surface area contributed by atoms with E-state index in [9.17, 15) is 0 Å². The summed E-state index contributed by atoms with van der Waals surface area (Å²) in [5.74, 6) is 1.84. The van der Waals surface area contributed by atoms with Gasteiger partial charge in [-0.25, -0.2) is 0 Å². The van der Waals surface area contributed by atoms with Crippen molar-refractivity contribution in [1.82, 2.24) is 5.32 Å². The molecule has 1 heteroatoms. The predicted molar refractivity (Wildman–Crippen MR) is 68.1 cm³/mol. The summed E-state index contributed by atoms with van der Waals surface area (Å²) in [6, 6.07) is 0. The third-order valence-electron chi connectivity index (χ3n) is 3.54. The molecule has 15 heavy (non-hydrogen) atoms. The average molecular weight is 211 g/mol. The van der Waals surface area contributed by atoms with E-state index in [1.165, 1.54) is 64.5 Å². The zero-order chi connectivity index (χ0) is 10.9. The largest absolute Gasteiger partial charge is 0.316 e. The van der Waals surface area contributed by atoms with Crippen LogP contribution in [0.2, 0.25) is 0 Å². The third kappa shape index (κ3) is 6.94. The first-order valence-electron chi connectivity index (χ1n) is 6.99. The van der Waals surface area contributed by atoms with Gasteiger partial charge in [0.25, 0.3) is 0 Å². The summed E-state index contributed by atoms with van der Waals surface area (Å²) >= 11 is 0. The van der Waals surface area contributed by atoms with Crippen LogP contribution in [0.4, 0.5) is 0 Å². The SMILES string of the molecule is CC(C)CCCNCC1CCCCCC1. The molecule has 0 spiro atoms. The van der Waals surface area contributed by atoms with Crippen LogP contribution in [0.3, 0.4) is 0 Å². The summed E-state index contributed by atoms with van der Waals surface area (Å²) < 4.78 is 0. The average Bonchev–Trinajstić information content (AvgIpc) is 2.45. The molecule has 0 unspecified atom stereocenters. The molecule has 0 amide bonds. The summed E-state index contributed by atoms with van der Waals surface area (Å²) in [5, 5.41) is 3.64. The molecule has 0 aromatic rings. The van der Waals surface area contributed by atoms with Crippen molar-refractivity contribution in [3.05, 3.63) is 0 Å². The lowest BCUT2D eigenvalue weighted by Crippen LogP contribution is -2.23. The highest BCUT2D eigenvalue weighted by atomic mass is 14.9. The van der Waals surface area contributed by atoms with Crippen LogP contribution in [0.15, 0.2) is 0 Å². The second-order valence-corrected chi connectivity index (χ2v) is 5.60. The highest BCUT2D eigenvalue weighted by Crippen LogP contribution is 2.21. The Morgan fingerprint density at radius 2 is 1.73 bits per heavy atom. The monoisotopic (exact) mass is 211 g/mol. The van der Waals surface area contributed by atoms with E-state index in [1.54, 1.807) is 0 Å². The van der Waals surface area contributed by atoms with Crippen molar-refractivity contribution in [2.45, 2.75) is 65.2 Å². The Balaban J connectivity index is 1.94. The molecule has 1 nitrogen and oxygen atoms in total. The topological polar surface area (TPSA) is 12.0 Å². The first kappa shape index (κ1) is 13.0. The van der Waals surface area contributed by atoms with Gasteiger partial charge in [0.1, 0.15) is 0 Å². The van der Waals surface area contributed by atoms with Gasteiger partial charge in [-0.2, -0.15) is 0 Å². The molecule has 1 saturated carbocycles. The zero-order valence-electron chi connectivity index (χ0n) is 10.7. The van der Waals surface area contributed by atoms with Crippen LogP contribution in [0.5, 0.6) is 0 Å². The van der Waals surface area contributed by atoms with E-state index >= 15 is 0 Å². The molecule has 0 heterocycles. The quantitative estimate of drug-likeness (QED) is 0.517. The molecular weight excluding hydrogens is 182 g/mol. The molecular formula is C14H29N. The van der Waals surface area contributed by atoms with Gasteiger partial charge in [0, 0.05) is 0 Å². The van der Waals surface area contributed by atoms with E-state index in [1.807, 2.05) is 0 Å². The van der Waals surface area contributed by atoms with Crippen LogP contribution in [0.1, 0.15) is 65.2 Å². The summed E-state index contributed by atoms with van der Waals surface area (Å²) in [7, 11) is 0. The number of nitrogens with one attached hydrogen (secondary N) is 1. The van der Waals surface area contributed by atoms with E-state index in [2.05, 4.69) is 19.2 Å². The third-order valence-corrected chi connectivity index (χ3v) is 3.54. The lowest BCUT2D eigenvalue weighted by Gasteiger charge is -2.15. The Labute approximate surface area is 96.0 Å². The number of rotatable bonds is 6. The normalized spacial score (nSPS) is 19.4. The number of hydrogen-bond acceptors (Lipinski definition) is 1. The Kier molecular flexibility index (Phi) is 7.08.